The number of urea groups is 1. The molecule has 0 unspecified atom stereocenters. The predicted molar refractivity (Wildman–Crippen MR) is 107 cm³/mol. The lowest BCUT2D eigenvalue weighted by atomic mass is 9.99. The molecule has 1 saturated heterocycles. The number of benzene rings is 2. The molecule has 3 rings (SSSR count). The number of hydrogen-bond donors (Lipinski definition) is 2. The number of imide groups is 1. The van der Waals surface area contributed by atoms with E-state index in [1.54, 1.807) is 24.3 Å². The zero-order valence-corrected chi connectivity index (χ0v) is 16.4. The van der Waals surface area contributed by atoms with Crippen molar-refractivity contribution < 1.29 is 14.4 Å². The second-order valence-corrected chi connectivity index (χ2v) is 7.36. The van der Waals surface area contributed by atoms with E-state index >= 15 is 0 Å². The van der Waals surface area contributed by atoms with E-state index in [1.165, 1.54) is 5.56 Å². The Bertz CT molecular complexity index is 874. The molecule has 1 fully saturated rings. The van der Waals surface area contributed by atoms with Crippen LogP contribution in [0, 0.1) is 0 Å². The first-order valence-corrected chi connectivity index (χ1v) is 9.43. The van der Waals surface area contributed by atoms with Crippen LogP contribution in [0.15, 0.2) is 48.5 Å². The lowest BCUT2D eigenvalue weighted by molar-refractivity contribution is -0.125. The summed E-state index contributed by atoms with van der Waals surface area (Å²) >= 11 is 0. The molecule has 4 amide bonds. The molecule has 0 radical (unpaired) electrons. The largest absolute Gasteiger partial charge is 0.346 e. The molecule has 2 aromatic carbocycles. The Kier molecular flexibility index (Phi) is 5.78. The van der Waals surface area contributed by atoms with Gasteiger partial charge < -0.3 is 10.6 Å². The summed E-state index contributed by atoms with van der Waals surface area (Å²) in [5, 5.41) is 5.49. The maximum atomic E-state index is 12.7. The van der Waals surface area contributed by atoms with Gasteiger partial charge in [-0.25, -0.2) is 4.79 Å². The number of nitrogens with zero attached hydrogens (tertiary/aromatic N) is 1. The number of rotatable bonds is 6. The van der Waals surface area contributed by atoms with Gasteiger partial charge in [0.15, 0.2) is 0 Å². The van der Waals surface area contributed by atoms with Crippen molar-refractivity contribution in [3.05, 3.63) is 70.8 Å². The molecule has 6 nitrogen and oxygen atoms in total. The van der Waals surface area contributed by atoms with E-state index in [1.807, 2.05) is 19.1 Å². The van der Waals surface area contributed by atoms with E-state index < -0.39 is 6.03 Å². The van der Waals surface area contributed by atoms with Gasteiger partial charge in [-0.15, -0.1) is 0 Å². The summed E-state index contributed by atoms with van der Waals surface area (Å²) in [6, 6.07) is 14.7. The van der Waals surface area contributed by atoms with E-state index in [0.29, 0.717) is 11.5 Å². The van der Waals surface area contributed by atoms with Crippen LogP contribution in [0.5, 0.6) is 0 Å². The molecule has 28 heavy (non-hydrogen) atoms. The number of carbonyl (C=O) groups excluding carboxylic acids is 3. The average molecular weight is 379 g/mol. The van der Waals surface area contributed by atoms with Gasteiger partial charge in [-0.05, 0) is 41.7 Å². The summed E-state index contributed by atoms with van der Waals surface area (Å²) in [5.74, 6) is 0.00376. The van der Waals surface area contributed by atoms with E-state index in [4.69, 9.17) is 0 Å². The van der Waals surface area contributed by atoms with Crippen molar-refractivity contribution in [3.63, 3.8) is 0 Å². The van der Waals surface area contributed by atoms with E-state index in [-0.39, 0.29) is 30.9 Å². The van der Waals surface area contributed by atoms with Gasteiger partial charge in [-0.3, -0.25) is 14.5 Å². The Balaban J connectivity index is 1.67. The molecule has 2 N–H and O–H groups in total. The van der Waals surface area contributed by atoms with Gasteiger partial charge in [0.2, 0.25) is 5.91 Å². The van der Waals surface area contributed by atoms with Gasteiger partial charge >= 0.3 is 6.03 Å². The minimum absolute atomic E-state index is 0.0200. The molecule has 1 atom stereocenters. The molecule has 0 aliphatic carbocycles. The highest BCUT2D eigenvalue weighted by atomic mass is 16.2. The summed E-state index contributed by atoms with van der Waals surface area (Å²) in [5.41, 5.74) is 3.52. The van der Waals surface area contributed by atoms with Crippen molar-refractivity contribution in [1.82, 2.24) is 15.5 Å². The summed E-state index contributed by atoms with van der Waals surface area (Å²) < 4.78 is 0. The standard InChI is InChI=1S/C22H25N3O3/c1-14(2)17-7-9-18(10-8-17)15(3)24-21(27)19-6-4-5-16(11-19)13-25-20(26)12-23-22(25)28/h4-11,14-15H,12-13H2,1-3H3,(H,23,28)(H,24,27)/t15-/m1/s1. The van der Waals surface area contributed by atoms with Gasteiger partial charge in [-0.1, -0.05) is 50.2 Å². The highest BCUT2D eigenvalue weighted by molar-refractivity contribution is 6.02. The van der Waals surface area contributed by atoms with E-state index in [9.17, 15) is 14.4 Å². The first-order valence-electron chi connectivity index (χ1n) is 9.43. The summed E-state index contributed by atoms with van der Waals surface area (Å²) in [6.07, 6.45) is 0. The van der Waals surface area contributed by atoms with Crippen LogP contribution in [0.25, 0.3) is 0 Å². The number of amides is 4. The number of hydrogen-bond acceptors (Lipinski definition) is 3. The predicted octanol–water partition coefficient (Wildman–Crippen LogP) is 3.35. The molecule has 6 heteroatoms. The Morgan fingerprint density at radius 1 is 1.07 bits per heavy atom. The summed E-state index contributed by atoms with van der Waals surface area (Å²) in [6.45, 7) is 6.41. The van der Waals surface area contributed by atoms with Crippen molar-refractivity contribution in [2.75, 3.05) is 6.54 Å². The van der Waals surface area contributed by atoms with Crippen molar-refractivity contribution >= 4 is 17.8 Å². The third-order valence-corrected chi connectivity index (χ3v) is 4.92. The van der Waals surface area contributed by atoms with Gasteiger partial charge in [-0.2, -0.15) is 0 Å². The molecule has 0 aromatic heterocycles. The molecule has 146 valence electrons. The lowest BCUT2D eigenvalue weighted by Gasteiger charge is -2.16. The van der Waals surface area contributed by atoms with Crippen molar-refractivity contribution in [2.24, 2.45) is 0 Å². The first kappa shape index (κ1) is 19.6. The first-order chi connectivity index (χ1) is 13.3. The molecular weight excluding hydrogens is 354 g/mol. The number of nitrogens with one attached hydrogen (secondary N) is 2. The van der Waals surface area contributed by atoms with Crippen LogP contribution >= 0.6 is 0 Å². The van der Waals surface area contributed by atoms with Crippen molar-refractivity contribution in [3.8, 4) is 0 Å². The van der Waals surface area contributed by atoms with Crippen LogP contribution in [-0.2, 0) is 11.3 Å². The SMILES string of the molecule is CC(C)c1ccc([C@@H](C)NC(=O)c2cccc(CN3C(=O)CNC3=O)c2)cc1. The third kappa shape index (κ3) is 4.39. The summed E-state index contributed by atoms with van der Waals surface area (Å²) in [7, 11) is 0. The zero-order valence-electron chi connectivity index (χ0n) is 16.4. The highest BCUT2D eigenvalue weighted by Crippen LogP contribution is 2.19. The van der Waals surface area contributed by atoms with E-state index in [2.05, 4.69) is 36.6 Å². The van der Waals surface area contributed by atoms with Gasteiger partial charge in [0.05, 0.1) is 19.1 Å². The fraction of sp³-hybridized carbons (Fsp3) is 0.318. The minimum atomic E-state index is -0.404. The number of carbonyl (C=O) groups is 3. The maximum Gasteiger partial charge on any atom is 0.324 e. The summed E-state index contributed by atoms with van der Waals surface area (Å²) in [4.78, 5) is 37.2. The van der Waals surface area contributed by atoms with Gasteiger partial charge in [0, 0.05) is 5.56 Å². The molecule has 0 spiro atoms. The zero-order chi connectivity index (χ0) is 20.3. The Morgan fingerprint density at radius 2 is 1.75 bits per heavy atom. The molecule has 1 aliphatic rings. The highest BCUT2D eigenvalue weighted by Gasteiger charge is 2.28. The fourth-order valence-electron chi connectivity index (χ4n) is 3.14. The second kappa shape index (κ2) is 8.25. The third-order valence-electron chi connectivity index (χ3n) is 4.92. The molecule has 1 heterocycles. The minimum Gasteiger partial charge on any atom is -0.346 e. The Morgan fingerprint density at radius 3 is 2.36 bits per heavy atom. The monoisotopic (exact) mass is 379 g/mol. The van der Waals surface area contributed by atoms with Crippen LogP contribution in [0.3, 0.4) is 0 Å². The average Bonchev–Trinajstić information content (AvgIpc) is 3.00. The molecule has 0 bridgehead atoms. The normalized spacial score (nSPS) is 14.9. The van der Waals surface area contributed by atoms with Crippen LogP contribution in [0.2, 0.25) is 0 Å². The quantitative estimate of drug-likeness (QED) is 0.756. The molecule has 1 aliphatic heterocycles. The van der Waals surface area contributed by atoms with Crippen LogP contribution < -0.4 is 10.6 Å². The van der Waals surface area contributed by atoms with Crippen molar-refractivity contribution in [1.29, 1.82) is 0 Å². The Hall–Kier alpha value is -3.15. The molecule has 0 saturated carbocycles. The topological polar surface area (TPSA) is 78.5 Å². The fourth-order valence-corrected chi connectivity index (χ4v) is 3.14. The van der Waals surface area contributed by atoms with Crippen LogP contribution in [-0.4, -0.2) is 29.3 Å². The van der Waals surface area contributed by atoms with E-state index in [0.717, 1.165) is 16.0 Å². The lowest BCUT2D eigenvalue weighted by Crippen LogP contribution is -2.30. The second-order valence-electron chi connectivity index (χ2n) is 7.36. The Labute approximate surface area is 164 Å². The smallest absolute Gasteiger partial charge is 0.324 e. The van der Waals surface area contributed by atoms with Crippen LogP contribution in [0.4, 0.5) is 4.79 Å². The maximum absolute atomic E-state index is 12.7. The molecular formula is C22H25N3O3. The van der Waals surface area contributed by atoms with Crippen molar-refractivity contribution in [2.45, 2.75) is 39.3 Å². The van der Waals surface area contributed by atoms with Crippen LogP contribution in [0.1, 0.15) is 59.8 Å². The van der Waals surface area contributed by atoms with Gasteiger partial charge in [0.25, 0.3) is 5.91 Å². The molecule has 2 aromatic rings. The van der Waals surface area contributed by atoms with Gasteiger partial charge in [0.1, 0.15) is 0 Å².